The predicted octanol–water partition coefficient (Wildman–Crippen LogP) is 2.11. The topological polar surface area (TPSA) is 111 Å². The number of carbonyl (C=O) groups is 1. The van der Waals surface area contributed by atoms with E-state index in [-0.39, 0.29) is 35.7 Å². The fourth-order valence-corrected chi connectivity index (χ4v) is 4.72. The van der Waals surface area contributed by atoms with Gasteiger partial charge < -0.3 is 14.8 Å². The van der Waals surface area contributed by atoms with E-state index >= 15 is 0 Å². The summed E-state index contributed by atoms with van der Waals surface area (Å²) in [5.74, 6) is -0.387. The standard InChI is InChI=1S/C23H23FN4O5S/c24-19-5-1-17(2-6-19)21-9-10-22(27-26-21)33-14-11-25-23(29)18-3-7-20(8-4-18)34(30,31)28-12-15-32-16-13-28/h1-10H,11-16H2,(H,25,29). The van der Waals surface area contributed by atoms with Crippen molar-refractivity contribution in [2.75, 3.05) is 39.5 Å². The fourth-order valence-electron chi connectivity index (χ4n) is 3.31. The molecule has 1 fully saturated rings. The molecule has 1 saturated heterocycles. The Labute approximate surface area is 196 Å². The van der Waals surface area contributed by atoms with Crippen LogP contribution in [0.4, 0.5) is 4.39 Å². The zero-order valence-corrected chi connectivity index (χ0v) is 19.0. The van der Waals surface area contributed by atoms with Crippen LogP contribution in [0.25, 0.3) is 11.3 Å². The Hall–Kier alpha value is -3.41. The summed E-state index contributed by atoms with van der Waals surface area (Å²) in [5.41, 5.74) is 1.65. The van der Waals surface area contributed by atoms with Crippen LogP contribution in [-0.4, -0.2) is 68.3 Å². The van der Waals surface area contributed by atoms with Gasteiger partial charge in [-0.1, -0.05) is 0 Å². The molecule has 9 nitrogen and oxygen atoms in total. The predicted molar refractivity (Wildman–Crippen MR) is 121 cm³/mol. The van der Waals surface area contributed by atoms with Crippen LogP contribution in [0.5, 0.6) is 5.88 Å². The monoisotopic (exact) mass is 486 g/mol. The first-order valence-electron chi connectivity index (χ1n) is 10.6. The maximum Gasteiger partial charge on any atom is 0.251 e. The normalized spacial score (nSPS) is 14.5. The molecule has 178 valence electrons. The second-order valence-electron chi connectivity index (χ2n) is 7.41. The van der Waals surface area contributed by atoms with Crippen molar-refractivity contribution in [2.24, 2.45) is 0 Å². The maximum atomic E-state index is 13.0. The Morgan fingerprint density at radius 2 is 1.71 bits per heavy atom. The van der Waals surface area contributed by atoms with Gasteiger partial charge in [0.25, 0.3) is 5.91 Å². The molecule has 11 heteroatoms. The van der Waals surface area contributed by atoms with Gasteiger partial charge in [0.15, 0.2) is 0 Å². The van der Waals surface area contributed by atoms with E-state index in [1.165, 1.54) is 40.7 Å². The van der Waals surface area contributed by atoms with Crippen molar-refractivity contribution in [2.45, 2.75) is 4.90 Å². The second kappa shape index (κ2) is 10.7. The van der Waals surface area contributed by atoms with Gasteiger partial charge in [-0.25, -0.2) is 12.8 Å². The summed E-state index contributed by atoms with van der Waals surface area (Å²) >= 11 is 0. The van der Waals surface area contributed by atoms with E-state index in [9.17, 15) is 17.6 Å². The van der Waals surface area contributed by atoms with Gasteiger partial charge in [-0.15, -0.1) is 10.2 Å². The third-order valence-electron chi connectivity index (χ3n) is 5.14. The molecule has 0 atom stereocenters. The summed E-state index contributed by atoms with van der Waals surface area (Å²) in [6.07, 6.45) is 0. The molecule has 2 aromatic carbocycles. The number of amides is 1. The number of benzene rings is 2. The number of nitrogens with zero attached hydrogens (tertiary/aromatic N) is 3. The molecule has 0 bridgehead atoms. The summed E-state index contributed by atoms with van der Waals surface area (Å²) in [4.78, 5) is 12.5. The minimum atomic E-state index is -3.61. The lowest BCUT2D eigenvalue weighted by Gasteiger charge is -2.26. The van der Waals surface area contributed by atoms with Gasteiger partial charge >= 0.3 is 0 Å². The third-order valence-corrected chi connectivity index (χ3v) is 7.05. The molecule has 0 aliphatic carbocycles. The van der Waals surface area contributed by atoms with E-state index in [0.717, 1.165) is 5.56 Å². The molecule has 0 unspecified atom stereocenters. The number of aromatic nitrogens is 2. The van der Waals surface area contributed by atoms with Gasteiger partial charge in [0, 0.05) is 30.3 Å². The molecule has 1 aliphatic heterocycles. The van der Waals surface area contributed by atoms with Crippen LogP contribution in [-0.2, 0) is 14.8 Å². The number of nitrogens with one attached hydrogen (secondary N) is 1. The first-order chi connectivity index (χ1) is 16.4. The van der Waals surface area contributed by atoms with Gasteiger partial charge in [0.1, 0.15) is 12.4 Å². The van der Waals surface area contributed by atoms with Crippen LogP contribution < -0.4 is 10.1 Å². The van der Waals surface area contributed by atoms with E-state index in [1.807, 2.05) is 0 Å². The fraction of sp³-hybridized carbons (Fsp3) is 0.261. The molecule has 1 aliphatic rings. The van der Waals surface area contributed by atoms with Crippen molar-refractivity contribution < 1.29 is 27.1 Å². The van der Waals surface area contributed by atoms with Crippen molar-refractivity contribution in [3.63, 3.8) is 0 Å². The van der Waals surface area contributed by atoms with Gasteiger partial charge in [-0.2, -0.15) is 4.31 Å². The van der Waals surface area contributed by atoms with Gasteiger partial charge in [0.2, 0.25) is 15.9 Å². The number of hydrogen-bond donors (Lipinski definition) is 1. The third kappa shape index (κ3) is 5.74. The zero-order valence-electron chi connectivity index (χ0n) is 18.2. The summed E-state index contributed by atoms with van der Waals surface area (Å²) in [5, 5.41) is 10.7. The van der Waals surface area contributed by atoms with E-state index in [4.69, 9.17) is 9.47 Å². The van der Waals surface area contributed by atoms with Crippen molar-refractivity contribution in [3.8, 4) is 17.1 Å². The van der Waals surface area contributed by atoms with Crippen LogP contribution in [0.3, 0.4) is 0 Å². The maximum absolute atomic E-state index is 13.0. The number of morpholine rings is 1. The van der Waals surface area contributed by atoms with Gasteiger partial charge in [-0.05, 0) is 54.6 Å². The smallest absolute Gasteiger partial charge is 0.251 e. The molecule has 34 heavy (non-hydrogen) atoms. The first-order valence-corrected chi connectivity index (χ1v) is 12.1. The molecule has 3 aromatic rings. The van der Waals surface area contributed by atoms with E-state index < -0.39 is 10.0 Å². The number of ether oxygens (including phenoxy) is 2. The van der Waals surface area contributed by atoms with Crippen molar-refractivity contribution >= 4 is 15.9 Å². The highest BCUT2D eigenvalue weighted by Gasteiger charge is 2.26. The second-order valence-corrected chi connectivity index (χ2v) is 9.35. The SMILES string of the molecule is O=C(NCCOc1ccc(-c2ccc(F)cc2)nn1)c1ccc(S(=O)(=O)N2CCOCC2)cc1. The minimum Gasteiger partial charge on any atom is -0.475 e. The largest absolute Gasteiger partial charge is 0.475 e. The Balaban J connectivity index is 1.25. The number of sulfonamides is 1. The van der Waals surface area contributed by atoms with Crippen molar-refractivity contribution in [1.29, 1.82) is 0 Å². The van der Waals surface area contributed by atoms with Crippen molar-refractivity contribution in [1.82, 2.24) is 19.8 Å². The summed E-state index contributed by atoms with van der Waals surface area (Å²) in [7, 11) is -3.61. The highest BCUT2D eigenvalue weighted by atomic mass is 32.2. The Morgan fingerprint density at radius 1 is 1.00 bits per heavy atom. The highest BCUT2D eigenvalue weighted by molar-refractivity contribution is 7.89. The Kier molecular flexibility index (Phi) is 7.46. The van der Waals surface area contributed by atoms with Gasteiger partial charge in [0.05, 0.1) is 30.3 Å². The lowest BCUT2D eigenvalue weighted by atomic mass is 10.1. The molecule has 0 radical (unpaired) electrons. The van der Waals surface area contributed by atoms with Crippen LogP contribution >= 0.6 is 0 Å². The Morgan fingerprint density at radius 3 is 2.35 bits per heavy atom. The molecular formula is C23H23FN4O5S. The summed E-state index contributed by atoms with van der Waals surface area (Å²) in [6.45, 7) is 1.74. The van der Waals surface area contributed by atoms with Crippen LogP contribution in [0.1, 0.15) is 10.4 Å². The molecule has 1 amide bonds. The number of rotatable bonds is 8. The summed E-state index contributed by atoms with van der Waals surface area (Å²) < 4.78 is 50.4. The molecule has 1 N–H and O–H groups in total. The van der Waals surface area contributed by atoms with E-state index in [0.29, 0.717) is 37.6 Å². The lowest BCUT2D eigenvalue weighted by Crippen LogP contribution is -2.40. The Bertz CT molecular complexity index is 1210. The first kappa shape index (κ1) is 23.7. The zero-order chi connectivity index (χ0) is 24.0. The van der Waals surface area contributed by atoms with E-state index in [2.05, 4.69) is 15.5 Å². The number of carbonyl (C=O) groups excluding carboxylic acids is 1. The lowest BCUT2D eigenvalue weighted by molar-refractivity contribution is 0.0730. The molecule has 0 spiro atoms. The average molecular weight is 487 g/mol. The number of halogens is 1. The average Bonchev–Trinajstić information content (AvgIpc) is 2.88. The number of hydrogen-bond acceptors (Lipinski definition) is 7. The molecule has 1 aromatic heterocycles. The van der Waals surface area contributed by atoms with Gasteiger partial charge in [-0.3, -0.25) is 4.79 Å². The molecule has 0 saturated carbocycles. The van der Waals surface area contributed by atoms with E-state index in [1.54, 1.807) is 24.3 Å². The minimum absolute atomic E-state index is 0.136. The molecule has 2 heterocycles. The summed E-state index contributed by atoms with van der Waals surface area (Å²) in [6, 6.07) is 15.1. The quantitative estimate of drug-likeness (QED) is 0.486. The van der Waals surface area contributed by atoms with Crippen LogP contribution in [0.15, 0.2) is 65.6 Å². The highest BCUT2D eigenvalue weighted by Crippen LogP contribution is 2.19. The van der Waals surface area contributed by atoms with Crippen LogP contribution in [0, 0.1) is 5.82 Å². The van der Waals surface area contributed by atoms with Crippen LogP contribution in [0.2, 0.25) is 0 Å². The molecular weight excluding hydrogens is 463 g/mol. The van der Waals surface area contributed by atoms with Crippen molar-refractivity contribution in [3.05, 3.63) is 72.0 Å². The molecule has 4 rings (SSSR count).